The molecule has 1 aliphatic rings. The van der Waals surface area contributed by atoms with Gasteiger partial charge in [-0.25, -0.2) is 0 Å². The molecule has 1 unspecified atom stereocenters. The van der Waals surface area contributed by atoms with E-state index in [2.05, 4.69) is 66.8 Å². The van der Waals surface area contributed by atoms with E-state index >= 15 is 0 Å². The van der Waals surface area contributed by atoms with Gasteiger partial charge in [-0.1, -0.05) is 0 Å². The average molecular weight is 444 g/mol. The van der Waals surface area contributed by atoms with Crippen molar-refractivity contribution < 1.29 is 9.53 Å². The van der Waals surface area contributed by atoms with Crippen molar-refractivity contribution in [3.05, 3.63) is 66.2 Å². The number of carbonyl (C=O) groups is 1. The van der Waals surface area contributed by atoms with Gasteiger partial charge in [0, 0.05) is 0 Å². The van der Waals surface area contributed by atoms with E-state index in [9.17, 15) is 4.79 Å². The summed E-state index contributed by atoms with van der Waals surface area (Å²) in [5, 5.41) is 3.69. The molecule has 1 N–H and O–H groups in total. The van der Waals surface area contributed by atoms with Crippen molar-refractivity contribution in [3.63, 3.8) is 0 Å². The third-order valence-electron chi connectivity index (χ3n) is 5.53. The van der Waals surface area contributed by atoms with E-state index < -0.39 is 0 Å². The van der Waals surface area contributed by atoms with Gasteiger partial charge in [-0.15, -0.1) is 0 Å². The van der Waals surface area contributed by atoms with E-state index in [1.54, 1.807) is 0 Å². The van der Waals surface area contributed by atoms with E-state index in [1.165, 1.54) is 29.3 Å². The first kappa shape index (κ1) is 21.1. The van der Waals surface area contributed by atoms with Crippen LogP contribution in [0.25, 0.3) is 0 Å². The van der Waals surface area contributed by atoms with E-state index in [1.807, 2.05) is 13.0 Å². The van der Waals surface area contributed by atoms with Crippen LogP contribution in [0.3, 0.4) is 0 Å². The van der Waals surface area contributed by atoms with E-state index in [-0.39, 0.29) is 37.3 Å². The Labute approximate surface area is 175 Å². The van der Waals surface area contributed by atoms with Crippen LogP contribution in [-0.2, 0) is 9.53 Å². The number of hydrogen-bond acceptors (Lipinski definition) is 3. The first-order valence-corrected chi connectivity index (χ1v) is 12.1. The molecule has 3 rings (SSSR count). The molecule has 2 aromatic carbocycles. The zero-order valence-electron chi connectivity index (χ0n) is 16.9. The number of esters is 1. The molecular formula is C24H31NO2Se. The molecule has 0 radical (unpaired) electrons. The second kappa shape index (κ2) is 10.2. The average Bonchev–Trinajstić information content (AvgIpc) is 2.74. The van der Waals surface area contributed by atoms with Crippen LogP contribution < -0.4 is 9.78 Å². The minimum absolute atomic E-state index is 0.0398. The maximum atomic E-state index is 13.1. The second-order valence-electron chi connectivity index (χ2n) is 7.52. The Morgan fingerprint density at radius 1 is 1.04 bits per heavy atom. The number of nitrogens with one attached hydrogen (secondary N) is 1. The van der Waals surface area contributed by atoms with Gasteiger partial charge in [0.1, 0.15) is 0 Å². The number of ether oxygens (including phenoxy) is 1. The van der Waals surface area contributed by atoms with Crippen molar-refractivity contribution in [3.8, 4) is 0 Å². The van der Waals surface area contributed by atoms with Gasteiger partial charge in [-0.05, 0) is 0 Å². The van der Waals surface area contributed by atoms with E-state index in [0.29, 0.717) is 6.61 Å². The zero-order chi connectivity index (χ0) is 19.8. The predicted octanol–water partition coefficient (Wildman–Crippen LogP) is 4.42. The van der Waals surface area contributed by atoms with Crippen LogP contribution in [-0.4, -0.2) is 33.6 Å². The summed E-state index contributed by atoms with van der Waals surface area (Å²) in [6.45, 7) is 4.46. The molecule has 2 atom stereocenters. The van der Waals surface area contributed by atoms with E-state index in [4.69, 9.17) is 4.74 Å². The Bertz CT molecular complexity index is 729. The molecule has 4 heteroatoms. The fourth-order valence-corrected chi connectivity index (χ4v) is 7.30. The summed E-state index contributed by atoms with van der Waals surface area (Å²) in [5.41, 5.74) is 1.20. The van der Waals surface area contributed by atoms with Crippen LogP contribution in [0.1, 0.15) is 57.6 Å². The Balaban J connectivity index is 1.90. The van der Waals surface area contributed by atoms with Crippen molar-refractivity contribution in [2.24, 2.45) is 0 Å². The maximum absolute atomic E-state index is 13.1. The van der Waals surface area contributed by atoms with Crippen molar-refractivity contribution in [2.75, 3.05) is 6.61 Å². The van der Waals surface area contributed by atoms with Gasteiger partial charge < -0.3 is 0 Å². The molecule has 0 saturated heterocycles. The van der Waals surface area contributed by atoms with Crippen LogP contribution in [0.15, 0.2) is 60.7 Å². The summed E-state index contributed by atoms with van der Waals surface area (Å²) in [7, 11) is 0. The molecule has 2 aromatic rings. The summed E-state index contributed by atoms with van der Waals surface area (Å²) < 4.78 is 6.89. The Kier molecular flexibility index (Phi) is 7.73. The molecule has 150 valence electrons. The molecular weight excluding hydrogens is 413 g/mol. The molecule has 0 aliphatic heterocycles. The van der Waals surface area contributed by atoms with Gasteiger partial charge in [0.25, 0.3) is 0 Å². The molecule has 28 heavy (non-hydrogen) atoms. The normalized spacial score (nSPS) is 18.2. The summed E-state index contributed by atoms with van der Waals surface area (Å²) in [6, 6.07) is 20.9. The first-order chi connectivity index (χ1) is 13.6. The van der Waals surface area contributed by atoms with Crippen LogP contribution in [0.5, 0.6) is 0 Å². The SMILES string of the molecule is CCOC(=O)C(N[C@@H](C)c1ccccc1)C1([Se]c2ccccc2)CCCCC1. The van der Waals surface area contributed by atoms with Gasteiger partial charge in [0.05, 0.1) is 0 Å². The second-order valence-corrected chi connectivity index (χ2v) is 10.6. The number of carbonyl (C=O) groups excluding carboxylic acids is 1. The molecule has 1 fully saturated rings. The van der Waals surface area contributed by atoms with Crippen LogP contribution in [0, 0.1) is 0 Å². The number of benzene rings is 2. The topological polar surface area (TPSA) is 38.3 Å². The van der Waals surface area contributed by atoms with Gasteiger partial charge >= 0.3 is 175 Å². The molecule has 0 aromatic heterocycles. The summed E-state index contributed by atoms with van der Waals surface area (Å²) in [4.78, 5) is 13.1. The quantitative estimate of drug-likeness (QED) is 0.484. The molecule has 3 nitrogen and oxygen atoms in total. The fraction of sp³-hybridized carbons (Fsp3) is 0.458. The minimum atomic E-state index is -0.275. The van der Waals surface area contributed by atoms with Crippen molar-refractivity contribution >= 4 is 25.4 Å². The Morgan fingerprint density at radius 3 is 2.25 bits per heavy atom. The van der Waals surface area contributed by atoms with Crippen LogP contribution in [0.4, 0.5) is 0 Å². The third kappa shape index (κ3) is 5.25. The molecule has 1 saturated carbocycles. The predicted molar refractivity (Wildman–Crippen MR) is 116 cm³/mol. The summed E-state index contributed by atoms with van der Waals surface area (Å²) in [5.74, 6) is -0.0926. The standard InChI is InChI=1S/C24H31NO2Se/c1-3-27-23(26)22(25-19(2)20-13-7-4-8-14-20)24(17-11-6-12-18-24)28-21-15-9-5-10-16-21/h4-5,7-10,13-16,19,22,25H,3,6,11-12,17-18H2,1-2H3/t19-,22?/m0/s1. The zero-order valence-corrected chi connectivity index (χ0v) is 18.6. The van der Waals surface area contributed by atoms with Gasteiger partial charge in [-0.3, -0.25) is 0 Å². The van der Waals surface area contributed by atoms with Gasteiger partial charge in [0.15, 0.2) is 0 Å². The summed E-state index contributed by atoms with van der Waals surface area (Å²) in [6.07, 6.45) is 5.80. The first-order valence-electron chi connectivity index (χ1n) is 10.4. The van der Waals surface area contributed by atoms with Crippen molar-refractivity contribution in [1.29, 1.82) is 0 Å². The summed E-state index contributed by atoms with van der Waals surface area (Å²) >= 11 is 0.204. The number of rotatable bonds is 8. The monoisotopic (exact) mass is 445 g/mol. The Hall–Kier alpha value is -1.61. The van der Waals surface area contributed by atoms with Gasteiger partial charge in [-0.2, -0.15) is 0 Å². The number of hydrogen-bond donors (Lipinski definition) is 1. The van der Waals surface area contributed by atoms with Crippen LogP contribution >= 0.6 is 0 Å². The molecule has 0 bridgehead atoms. The molecule has 0 heterocycles. The molecule has 0 spiro atoms. The van der Waals surface area contributed by atoms with Gasteiger partial charge in [0.2, 0.25) is 0 Å². The fourth-order valence-electron chi connectivity index (χ4n) is 4.07. The van der Waals surface area contributed by atoms with E-state index in [0.717, 1.165) is 12.8 Å². The molecule has 0 amide bonds. The Morgan fingerprint density at radius 2 is 1.64 bits per heavy atom. The molecule has 1 aliphatic carbocycles. The van der Waals surface area contributed by atoms with Crippen molar-refractivity contribution in [2.45, 2.75) is 62.3 Å². The third-order valence-corrected chi connectivity index (χ3v) is 8.80. The van der Waals surface area contributed by atoms with Crippen molar-refractivity contribution in [1.82, 2.24) is 5.32 Å². The van der Waals surface area contributed by atoms with Crippen LogP contribution in [0.2, 0.25) is 4.31 Å².